The molecule has 0 radical (unpaired) electrons. The first-order valence-electron chi connectivity index (χ1n) is 7.06. The molecule has 0 bridgehead atoms. The summed E-state index contributed by atoms with van der Waals surface area (Å²) in [7, 11) is 0. The van der Waals surface area contributed by atoms with Crippen LogP contribution in [0.15, 0.2) is 60.8 Å². The zero-order valence-electron chi connectivity index (χ0n) is 11.7. The molecule has 0 unspecified atom stereocenters. The minimum atomic E-state index is -0.753. The van der Waals surface area contributed by atoms with Crippen molar-refractivity contribution in [1.82, 2.24) is 4.57 Å². The van der Waals surface area contributed by atoms with Crippen LogP contribution in [0.25, 0.3) is 10.9 Å². The highest BCUT2D eigenvalue weighted by Gasteiger charge is 2.04. The number of hydrogen-bond acceptors (Lipinski definition) is 1. The fourth-order valence-electron chi connectivity index (χ4n) is 2.57. The highest BCUT2D eigenvalue weighted by molar-refractivity contribution is 5.81. The van der Waals surface area contributed by atoms with Crippen molar-refractivity contribution in [1.29, 1.82) is 0 Å². The molecule has 2 aromatic carbocycles. The maximum Gasteiger partial charge on any atom is 0.303 e. The van der Waals surface area contributed by atoms with Gasteiger partial charge in [0.2, 0.25) is 0 Å². The number of carboxylic acid groups (broad SMARTS) is 1. The first-order chi connectivity index (χ1) is 10.2. The van der Waals surface area contributed by atoms with Gasteiger partial charge in [-0.05, 0) is 41.1 Å². The number of carbonyl (C=O) groups is 1. The summed E-state index contributed by atoms with van der Waals surface area (Å²) >= 11 is 0. The van der Waals surface area contributed by atoms with Crippen LogP contribution in [-0.2, 0) is 17.8 Å². The van der Waals surface area contributed by atoms with E-state index in [0.29, 0.717) is 6.42 Å². The Morgan fingerprint density at radius 1 is 1.00 bits per heavy atom. The van der Waals surface area contributed by atoms with Gasteiger partial charge >= 0.3 is 5.97 Å². The minimum Gasteiger partial charge on any atom is -0.481 e. The Bertz CT molecular complexity index is 759. The van der Waals surface area contributed by atoms with Crippen molar-refractivity contribution in [3.63, 3.8) is 0 Å². The molecule has 0 aliphatic heterocycles. The van der Waals surface area contributed by atoms with Gasteiger partial charge in [-0.2, -0.15) is 0 Å². The van der Waals surface area contributed by atoms with E-state index in [1.54, 1.807) is 0 Å². The van der Waals surface area contributed by atoms with Gasteiger partial charge in [0.15, 0.2) is 0 Å². The number of fused-ring (bicyclic) bond motifs is 1. The summed E-state index contributed by atoms with van der Waals surface area (Å²) in [6.45, 7) is 0.846. The Morgan fingerprint density at radius 3 is 2.57 bits per heavy atom. The zero-order valence-corrected chi connectivity index (χ0v) is 11.7. The van der Waals surface area contributed by atoms with Gasteiger partial charge in [-0.1, -0.05) is 36.4 Å². The molecule has 21 heavy (non-hydrogen) atoms. The normalized spacial score (nSPS) is 10.9. The van der Waals surface area contributed by atoms with Crippen molar-refractivity contribution in [3.05, 3.63) is 71.9 Å². The van der Waals surface area contributed by atoms with E-state index in [1.807, 2.05) is 24.3 Å². The summed E-state index contributed by atoms with van der Waals surface area (Å²) in [4.78, 5) is 10.6. The lowest BCUT2D eigenvalue weighted by molar-refractivity contribution is -0.136. The predicted octanol–water partition coefficient (Wildman–Crippen LogP) is 3.71. The number of hydrogen-bond donors (Lipinski definition) is 1. The van der Waals surface area contributed by atoms with Crippen molar-refractivity contribution >= 4 is 16.9 Å². The summed E-state index contributed by atoms with van der Waals surface area (Å²) in [5, 5.41) is 9.91. The lowest BCUT2D eigenvalue weighted by Gasteiger charge is -2.06. The SMILES string of the molecule is O=C(O)CCc1ccc2c(ccn2Cc2ccccc2)c1. The van der Waals surface area contributed by atoms with Gasteiger partial charge in [0, 0.05) is 24.7 Å². The van der Waals surface area contributed by atoms with Crippen molar-refractivity contribution in [2.75, 3.05) is 0 Å². The quantitative estimate of drug-likeness (QED) is 0.773. The predicted molar refractivity (Wildman–Crippen MR) is 83.4 cm³/mol. The molecule has 1 N–H and O–H groups in total. The summed E-state index contributed by atoms with van der Waals surface area (Å²) < 4.78 is 2.21. The molecule has 3 nitrogen and oxygen atoms in total. The molecule has 1 heterocycles. The van der Waals surface area contributed by atoms with E-state index >= 15 is 0 Å². The summed E-state index contributed by atoms with van der Waals surface area (Å²) in [6.07, 6.45) is 2.84. The first-order valence-corrected chi connectivity index (χ1v) is 7.06. The number of aliphatic carboxylic acids is 1. The Labute approximate surface area is 123 Å². The molecule has 0 fully saturated rings. The molecule has 3 heteroatoms. The van der Waals surface area contributed by atoms with E-state index < -0.39 is 5.97 Å². The maximum atomic E-state index is 10.6. The molecule has 3 rings (SSSR count). The average Bonchev–Trinajstić information content (AvgIpc) is 2.89. The summed E-state index contributed by atoms with van der Waals surface area (Å²) in [6, 6.07) is 18.6. The van der Waals surface area contributed by atoms with Gasteiger partial charge in [0.05, 0.1) is 0 Å². The van der Waals surface area contributed by atoms with E-state index in [0.717, 1.165) is 17.5 Å². The molecular formula is C18H17NO2. The molecule has 1 aromatic heterocycles. The number of nitrogens with zero attached hydrogens (tertiary/aromatic N) is 1. The van der Waals surface area contributed by atoms with Gasteiger partial charge in [-0.15, -0.1) is 0 Å². The summed E-state index contributed by atoms with van der Waals surface area (Å²) in [5.41, 5.74) is 3.52. The van der Waals surface area contributed by atoms with Crippen LogP contribution in [0.4, 0.5) is 0 Å². The van der Waals surface area contributed by atoms with Crippen molar-refractivity contribution in [2.24, 2.45) is 0 Å². The number of rotatable bonds is 5. The second-order valence-electron chi connectivity index (χ2n) is 5.22. The van der Waals surface area contributed by atoms with Crippen molar-refractivity contribution < 1.29 is 9.90 Å². The van der Waals surface area contributed by atoms with Crippen LogP contribution >= 0.6 is 0 Å². The molecule has 0 saturated carbocycles. The van der Waals surface area contributed by atoms with E-state index in [2.05, 4.69) is 41.1 Å². The fourth-order valence-corrected chi connectivity index (χ4v) is 2.57. The van der Waals surface area contributed by atoms with Gasteiger partial charge in [0.1, 0.15) is 0 Å². The monoisotopic (exact) mass is 279 g/mol. The number of aromatic nitrogens is 1. The minimum absolute atomic E-state index is 0.177. The molecule has 0 aliphatic rings. The number of aryl methyl sites for hydroxylation is 1. The highest BCUT2D eigenvalue weighted by Crippen LogP contribution is 2.20. The second kappa shape index (κ2) is 5.83. The Hall–Kier alpha value is -2.55. The van der Waals surface area contributed by atoms with E-state index in [-0.39, 0.29) is 6.42 Å². The van der Waals surface area contributed by atoms with Gasteiger partial charge in [0.25, 0.3) is 0 Å². The van der Waals surface area contributed by atoms with Crippen LogP contribution in [0, 0.1) is 0 Å². The van der Waals surface area contributed by atoms with E-state index in [4.69, 9.17) is 5.11 Å². The van der Waals surface area contributed by atoms with Crippen molar-refractivity contribution in [3.8, 4) is 0 Å². The topological polar surface area (TPSA) is 42.2 Å². The molecule has 0 saturated heterocycles. The molecule has 0 aliphatic carbocycles. The van der Waals surface area contributed by atoms with E-state index in [1.165, 1.54) is 11.1 Å². The third-order valence-corrected chi connectivity index (χ3v) is 3.66. The van der Waals surface area contributed by atoms with Crippen LogP contribution in [0.2, 0.25) is 0 Å². The van der Waals surface area contributed by atoms with Gasteiger partial charge in [-0.3, -0.25) is 4.79 Å². The Kier molecular flexibility index (Phi) is 3.73. The summed E-state index contributed by atoms with van der Waals surface area (Å²) in [5.74, 6) is -0.753. The number of carboxylic acids is 1. The van der Waals surface area contributed by atoms with Crippen molar-refractivity contribution in [2.45, 2.75) is 19.4 Å². The van der Waals surface area contributed by atoms with Gasteiger partial charge in [-0.25, -0.2) is 0 Å². The Morgan fingerprint density at radius 2 is 1.81 bits per heavy atom. The molecular weight excluding hydrogens is 262 g/mol. The molecule has 0 amide bonds. The number of benzene rings is 2. The van der Waals surface area contributed by atoms with Crippen LogP contribution in [0.1, 0.15) is 17.5 Å². The molecule has 3 aromatic rings. The standard InChI is InChI=1S/C18H17NO2/c20-18(21)9-7-14-6-8-17-16(12-14)10-11-19(17)13-15-4-2-1-3-5-15/h1-6,8,10-12H,7,9,13H2,(H,20,21). The van der Waals surface area contributed by atoms with Gasteiger partial charge < -0.3 is 9.67 Å². The lowest BCUT2D eigenvalue weighted by Crippen LogP contribution is -1.99. The smallest absolute Gasteiger partial charge is 0.303 e. The molecule has 0 spiro atoms. The molecule has 0 atom stereocenters. The zero-order chi connectivity index (χ0) is 14.7. The molecule has 106 valence electrons. The third kappa shape index (κ3) is 3.14. The average molecular weight is 279 g/mol. The Balaban J connectivity index is 1.84. The third-order valence-electron chi connectivity index (χ3n) is 3.66. The van der Waals surface area contributed by atoms with Crippen LogP contribution in [-0.4, -0.2) is 15.6 Å². The second-order valence-corrected chi connectivity index (χ2v) is 5.22. The lowest BCUT2D eigenvalue weighted by atomic mass is 10.1. The van der Waals surface area contributed by atoms with E-state index in [9.17, 15) is 4.79 Å². The highest BCUT2D eigenvalue weighted by atomic mass is 16.4. The maximum absolute atomic E-state index is 10.6. The largest absolute Gasteiger partial charge is 0.481 e. The van der Waals surface area contributed by atoms with Crippen LogP contribution < -0.4 is 0 Å². The fraction of sp³-hybridized carbons (Fsp3) is 0.167. The van der Waals surface area contributed by atoms with Crippen LogP contribution in [0.5, 0.6) is 0 Å². The first kappa shape index (κ1) is 13.4. The van der Waals surface area contributed by atoms with Crippen LogP contribution in [0.3, 0.4) is 0 Å².